The first-order chi connectivity index (χ1) is 17.5. The van der Waals surface area contributed by atoms with E-state index in [0.717, 1.165) is 47.9 Å². The molecule has 0 spiro atoms. The maximum Gasteiger partial charge on any atom is 0.273 e. The van der Waals surface area contributed by atoms with Gasteiger partial charge in [-0.1, -0.05) is 11.2 Å². The molecule has 0 bridgehead atoms. The van der Waals surface area contributed by atoms with Gasteiger partial charge < -0.3 is 15.5 Å². The predicted molar refractivity (Wildman–Crippen MR) is 135 cm³/mol. The van der Waals surface area contributed by atoms with Crippen LogP contribution in [0.3, 0.4) is 0 Å². The van der Waals surface area contributed by atoms with Crippen LogP contribution in [0.4, 0.5) is 11.5 Å². The summed E-state index contributed by atoms with van der Waals surface area (Å²) in [4.78, 5) is 43.3. The molecule has 1 aromatic carbocycles. The number of hydrogen-bond donors (Lipinski definition) is 2. The van der Waals surface area contributed by atoms with Crippen LogP contribution < -0.4 is 10.6 Å². The highest BCUT2D eigenvalue weighted by Crippen LogP contribution is 2.38. The molecule has 9 nitrogen and oxygen atoms in total. The zero-order valence-corrected chi connectivity index (χ0v) is 19.9. The van der Waals surface area contributed by atoms with Crippen molar-refractivity contribution in [3.05, 3.63) is 54.6 Å². The summed E-state index contributed by atoms with van der Waals surface area (Å²) < 4.78 is 0. The van der Waals surface area contributed by atoms with E-state index >= 15 is 0 Å². The van der Waals surface area contributed by atoms with E-state index in [4.69, 9.17) is 4.84 Å². The standard InChI is InChI=1S/C27H26N6O3/c1-15-2-7-20(31-27(35)23-10-24(36-33-23)16-3-4-16)9-21(15)18-8-19(13-28-12-18)22-11-25(30-14-29-22)32-26(34)17-5-6-17/h2,7-9,11-14,16-17,24H,3-6,10H2,1H3,(H,31,35)(H,29,30,32,34). The first kappa shape index (κ1) is 22.3. The Morgan fingerprint density at radius 3 is 2.61 bits per heavy atom. The lowest BCUT2D eigenvalue weighted by atomic mass is 9.99. The van der Waals surface area contributed by atoms with Crippen molar-refractivity contribution in [2.45, 2.75) is 45.1 Å². The molecular weight excluding hydrogens is 456 g/mol. The molecule has 3 heterocycles. The van der Waals surface area contributed by atoms with Crippen molar-refractivity contribution in [1.82, 2.24) is 15.0 Å². The predicted octanol–water partition coefficient (Wildman–Crippen LogP) is 4.36. The van der Waals surface area contributed by atoms with Crippen molar-refractivity contribution >= 4 is 29.0 Å². The fraction of sp³-hybridized carbons (Fsp3) is 0.333. The van der Waals surface area contributed by atoms with Crippen LogP contribution >= 0.6 is 0 Å². The normalized spacial score (nSPS) is 18.8. The molecule has 36 heavy (non-hydrogen) atoms. The van der Waals surface area contributed by atoms with Crippen LogP contribution in [0, 0.1) is 18.8 Å². The summed E-state index contributed by atoms with van der Waals surface area (Å²) in [5, 5.41) is 9.83. The molecule has 3 aromatic rings. The second-order valence-corrected chi connectivity index (χ2v) is 9.72. The van der Waals surface area contributed by atoms with Gasteiger partial charge in [0.05, 0.1) is 5.69 Å². The van der Waals surface area contributed by atoms with Crippen LogP contribution in [0.5, 0.6) is 0 Å². The van der Waals surface area contributed by atoms with E-state index in [1.54, 1.807) is 18.5 Å². The lowest BCUT2D eigenvalue weighted by Gasteiger charge is -2.12. The molecule has 2 saturated carbocycles. The second kappa shape index (κ2) is 9.14. The summed E-state index contributed by atoms with van der Waals surface area (Å²) in [6, 6.07) is 9.52. The maximum absolute atomic E-state index is 12.8. The molecule has 2 aliphatic carbocycles. The van der Waals surface area contributed by atoms with E-state index in [9.17, 15) is 9.59 Å². The molecule has 2 aromatic heterocycles. The Bertz CT molecular complexity index is 1380. The number of amides is 2. The molecule has 1 atom stereocenters. The minimum absolute atomic E-state index is 0.000739. The molecule has 0 saturated heterocycles. The fourth-order valence-corrected chi connectivity index (χ4v) is 4.35. The molecule has 182 valence electrons. The largest absolute Gasteiger partial charge is 0.391 e. The van der Waals surface area contributed by atoms with Crippen LogP contribution in [0.2, 0.25) is 0 Å². The highest BCUT2D eigenvalue weighted by molar-refractivity contribution is 6.43. The van der Waals surface area contributed by atoms with Crippen molar-refractivity contribution in [2.75, 3.05) is 10.6 Å². The van der Waals surface area contributed by atoms with Crippen LogP contribution in [0.1, 0.15) is 37.7 Å². The van der Waals surface area contributed by atoms with Gasteiger partial charge in [0, 0.05) is 47.6 Å². The van der Waals surface area contributed by atoms with E-state index in [-0.39, 0.29) is 23.8 Å². The zero-order valence-electron chi connectivity index (χ0n) is 19.9. The minimum atomic E-state index is -0.235. The number of rotatable bonds is 7. The molecule has 2 fully saturated rings. The average molecular weight is 483 g/mol. The van der Waals surface area contributed by atoms with Crippen LogP contribution in [-0.2, 0) is 14.4 Å². The van der Waals surface area contributed by atoms with Gasteiger partial charge in [-0.25, -0.2) is 9.97 Å². The van der Waals surface area contributed by atoms with E-state index in [1.165, 1.54) is 6.33 Å². The average Bonchev–Trinajstić information content (AvgIpc) is 3.84. The van der Waals surface area contributed by atoms with Gasteiger partial charge in [0.15, 0.2) is 0 Å². The van der Waals surface area contributed by atoms with Crippen molar-refractivity contribution in [1.29, 1.82) is 0 Å². The third-order valence-corrected chi connectivity index (χ3v) is 6.81. The molecule has 2 amide bonds. The number of carbonyl (C=O) groups is 2. The lowest BCUT2D eigenvalue weighted by Crippen LogP contribution is -2.23. The zero-order chi connectivity index (χ0) is 24.6. The number of pyridine rings is 1. The van der Waals surface area contributed by atoms with E-state index < -0.39 is 0 Å². The topological polar surface area (TPSA) is 118 Å². The number of carbonyl (C=O) groups excluding carboxylic acids is 2. The number of oxime groups is 1. The van der Waals surface area contributed by atoms with Crippen molar-refractivity contribution < 1.29 is 14.4 Å². The SMILES string of the molecule is Cc1ccc(NC(=O)C2=NOC(C3CC3)C2)cc1-c1cncc(-c2cc(NC(=O)C3CC3)ncn2)c1. The molecule has 1 aliphatic heterocycles. The van der Waals surface area contributed by atoms with Gasteiger partial charge in [-0.15, -0.1) is 0 Å². The summed E-state index contributed by atoms with van der Waals surface area (Å²) >= 11 is 0. The number of benzene rings is 1. The molecular formula is C27H26N6O3. The summed E-state index contributed by atoms with van der Waals surface area (Å²) in [6.07, 6.45) is 9.70. The molecule has 6 rings (SSSR count). The Kier molecular flexibility index (Phi) is 5.67. The Labute approximate surface area is 208 Å². The smallest absolute Gasteiger partial charge is 0.273 e. The van der Waals surface area contributed by atoms with Gasteiger partial charge in [0.2, 0.25) is 5.91 Å². The van der Waals surface area contributed by atoms with Crippen LogP contribution in [-0.4, -0.2) is 38.6 Å². The Morgan fingerprint density at radius 2 is 1.81 bits per heavy atom. The number of nitrogens with zero attached hydrogens (tertiary/aromatic N) is 4. The summed E-state index contributed by atoms with van der Waals surface area (Å²) in [6.45, 7) is 2.01. The fourth-order valence-electron chi connectivity index (χ4n) is 4.35. The highest BCUT2D eigenvalue weighted by atomic mass is 16.6. The minimum Gasteiger partial charge on any atom is -0.391 e. The number of nitrogens with one attached hydrogen (secondary N) is 2. The molecule has 1 unspecified atom stereocenters. The molecule has 3 aliphatic rings. The summed E-state index contributed by atoms with van der Waals surface area (Å²) in [5.41, 5.74) is 5.45. The maximum atomic E-state index is 12.8. The third-order valence-electron chi connectivity index (χ3n) is 6.81. The van der Waals surface area contributed by atoms with E-state index in [0.29, 0.717) is 35.2 Å². The number of aryl methyl sites for hydroxylation is 1. The van der Waals surface area contributed by atoms with Gasteiger partial charge in [-0.3, -0.25) is 14.6 Å². The summed E-state index contributed by atoms with van der Waals surface area (Å²) in [7, 11) is 0. The monoisotopic (exact) mass is 482 g/mol. The van der Waals surface area contributed by atoms with Gasteiger partial charge in [-0.05, 0) is 67.9 Å². The third kappa shape index (κ3) is 4.82. The van der Waals surface area contributed by atoms with Crippen LogP contribution in [0.25, 0.3) is 22.4 Å². The first-order valence-electron chi connectivity index (χ1n) is 12.3. The molecule has 9 heteroatoms. The molecule has 0 radical (unpaired) electrons. The van der Waals surface area contributed by atoms with Gasteiger partial charge >= 0.3 is 0 Å². The van der Waals surface area contributed by atoms with Gasteiger partial charge in [0.1, 0.15) is 24.0 Å². The summed E-state index contributed by atoms with van der Waals surface area (Å²) in [5.74, 6) is 0.869. The Hall–Kier alpha value is -4.14. The quantitative estimate of drug-likeness (QED) is 0.517. The van der Waals surface area contributed by atoms with Gasteiger partial charge in [0.25, 0.3) is 5.91 Å². The van der Waals surface area contributed by atoms with Crippen molar-refractivity contribution in [2.24, 2.45) is 17.0 Å². The number of anilines is 2. The van der Waals surface area contributed by atoms with Crippen molar-refractivity contribution in [3.63, 3.8) is 0 Å². The molecule has 2 N–H and O–H groups in total. The Balaban J connectivity index is 1.20. The first-order valence-corrected chi connectivity index (χ1v) is 12.3. The van der Waals surface area contributed by atoms with Crippen molar-refractivity contribution in [3.8, 4) is 22.4 Å². The van der Waals surface area contributed by atoms with Gasteiger partial charge in [-0.2, -0.15) is 0 Å². The van der Waals surface area contributed by atoms with Crippen LogP contribution in [0.15, 0.2) is 54.2 Å². The lowest BCUT2D eigenvalue weighted by molar-refractivity contribution is -0.117. The van der Waals surface area contributed by atoms with E-state index in [1.807, 2.05) is 31.2 Å². The van der Waals surface area contributed by atoms with E-state index in [2.05, 4.69) is 30.7 Å². The Morgan fingerprint density at radius 1 is 0.972 bits per heavy atom. The highest BCUT2D eigenvalue weighted by Gasteiger charge is 2.38. The number of aromatic nitrogens is 3. The number of hydrogen-bond acceptors (Lipinski definition) is 7. The second-order valence-electron chi connectivity index (χ2n) is 9.72.